The molecule has 9 nitrogen and oxygen atoms in total. The van der Waals surface area contributed by atoms with Gasteiger partial charge in [-0.25, -0.2) is 4.39 Å². The molecule has 10 heteroatoms. The number of rotatable bonds is 6. The lowest BCUT2D eigenvalue weighted by molar-refractivity contribution is -0.131. The third-order valence-corrected chi connectivity index (χ3v) is 5.96. The molecule has 2 amide bonds. The van der Waals surface area contributed by atoms with Crippen molar-refractivity contribution in [3.63, 3.8) is 0 Å². The molecule has 0 aliphatic carbocycles. The van der Waals surface area contributed by atoms with E-state index in [0.717, 1.165) is 30.9 Å². The molecule has 0 spiro atoms. The summed E-state index contributed by atoms with van der Waals surface area (Å²) < 4.78 is 13.8. The smallest absolute Gasteiger partial charge is 0.290 e. The van der Waals surface area contributed by atoms with Crippen LogP contribution >= 0.6 is 0 Å². The average molecular weight is 460 g/mol. The number of benzene rings is 1. The Bertz CT molecular complexity index is 958. The van der Waals surface area contributed by atoms with Crippen LogP contribution < -0.4 is 5.32 Å². The summed E-state index contributed by atoms with van der Waals surface area (Å²) >= 11 is 0. The van der Waals surface area contributed by atoms with Crippen molar-refractivity contribution in [2.45, 2.75) is 38.6 Å². The Morgan fingerprint density at radius 2 is 1.91 bits per heavy atom. The van der Waals surface area contributed by atoms with E-state index >= 15 is 0 Å². The second-order valence-corrected chi connectivity index (χ2v) is 8.13. The standard InChI is InChI=1S/C22H28FN5O2.CH2O2/c23-18-7-3-2-6-16(18)14-20(29)28-12-8-17-19(15-28)25-26-21(17)22(30)24-9-13-27-10-4-1-5-11-27;2-1-3/h2-3,6-7H,1,4-5,8-15H2,(H,24,30)(H,25,26);1H,(H,2,3). The molecule has 2 aliphatic rings. The Balaban J connectivity index is 0.000000968. The van der Waals surface area contributed by atoms with Gasteiger partial charge in [-0.1, -0.05) is 24.6 Å². The SMILES string of the molecule is O=C(NCCN1CCCCC1)c1n[nH]c2c1CCN(C(=O)Cc1ccccc1F)C2.O=CO. The lowest BCUT2D eigenvalue weighted by Gasteiger charge is -2.27. The number of hydrogen-bond acceptors (Lipinski definition) is 5. The molecule has 0 radical (unpaired) electrons. The number of likely N-dealkylation sites (tertiary alicyclic amines) is 1. The Morgan fingerprint density at radius 3 is 2.64 bits per heavy atom. The summed E-state index contributed by atoms with van der Waals surface area (Å²) in [6.45, 7) is 4.27. The number of H-pyrrole nitrogens is 1. The van der Waals surface area contributed by atoms with Crippen molar-refractivity contribution in [2.75, 3.05) is 32.7 Å². The summed E-state index contributed by atoms with van der Waals surface area (Å²) in [4.78, 5) is 37.6. The summed E-state index contributed by atoms with van der Waals surface area (Å²) in [6, 6.07) is 6.33. The highest BCUT2D eigenvalue weighted by molar-refractivity contribution is 5.94. The Kier molecular flexibility index (Phi) is 8.94. The molecular formula is C23H30FN5O4. The molecule has 2 aromatic rings. The highest BCUT2D eigenvalue weighted by Crippen LogP contribution is 2.21. The number of hydrogen-bond donors (Lipinski definition) is 3. The molecule has 1 saturated heterocycles. The molecule has 0 bridgehead atoms. The van der Waals surface area contributed by atoms with Gasteiger partial charge in [0.15, 0.2) is 5.69 Å². The lowest BCUT2D eigenvalue weighted by Crippen LogP contribution is -2.39. The van der Waals surface area contributed by atoms with Crippen LogP contribution in [0.15, 0.2) is 24.3 Å². The first-order valence-corrected chi connectivity index (χ1v) is 11.2. The highest BCUT2D eigenvalue weighted by Gasteiger charge is 2.27. The molecule has 178 valence electrons. The van der Waals surface area contributed by atoms with Gasteiger partial charge >= 0.3 is 0 Å². The molecule has 2 aliphatic heterocycles. The number of fused-ring (bicyclic) bond motifs is 1. The maximum absolute atomic E-state index is 13.8. The quantitative estimate of drug-likeness (QED) is 0.565. The molecule has 1 fully saturated rings. The van der Waals surface area contributed by atoms with E-state index < -0.39 is 0 Å². The van der Waals surface area contributed by atoms with Crippen LogP contribution in [0.1, 0.15) is 46.6 Å². The molecule has 3 heterocycles. The summed E-state index contributed by atoms with van der Waals surface area (Å²) in [5.74, 6) is -0.669. The Hall–Kier alpha value is -3.27. The van der Waals surface area contributed by atoms with E-state index in [4.69, 9.17) is 9.90 Å². The van der Waals surface area contributed by atoms with Crippen LogP contribution in [-0.4, -0.2) is 76.1 Å². The molecular weight excluding hydrogens is 429 g/mol. The largest absolute Gasteiger partial charge is 0.483 e. The second-order valence-electron chi connectivity index (χ2n) is 8.13. The molecule has 3 N–H and O–H groups in total. The van der Waals surface area contributed by atoms with Crippen LogP contribution in [0.5, 0.6) is 0 Å². The number of aromatic nitrogens is 2. The van der Waals surface area contributed by atoms with Gasteiger partial charge in [0.05, 0.1) is 18.7 Å². The van der Waals surface area contributed by atoms with Crippen molar-refractivity contribution in [3.8, 4) is 0 Å². The van der Waals surface area contributed by atoms with E-state index in [1.165, 1.54) is 25.3 Å². The van der Waals surface area contributed by atoms with Crippen LogP contribution in [0.3, 0.4) is 0 Å². The number of nitrogens with zero attached hydrogens (tertiary/aromatic N) is 3. The number of piperidine rings is 1. The maximum atomic E-state index is 13.8. The molecule has 0 unspecified atom stereocenters. The van der Waals surface area contributed by atoms with Crippen LogP contribution in [-0.2, 0) is 29.0 Å². The highest BCUT2D eigenvalue weighted by atomic mass is 19.1. The summed E-state index contributed by atoms with van der Waals surface area (Å²) in [6.07, 6.45) is 4.34. The molecule has 33 heavy (non-hydrogen) atoms. The average Bonchev–Trinajstić information content (AvgIpc) is 3.25. The van der Waals surface area contributed by atoms with E-state index in [-0.39, 0.29) is 30.5 Å². The van der Waals surface area contributed by atoms with Gasteiger partial charge in [-0.3, -0.25) is 19.5 Å². The lowest BCUT2D eigenvalue weighted by atomic mass is 10.0. The maximum Gasteiger partial charge on any atom is 0.290 e. The van der Waals surface area contributed by atoms with Crippen molar-refractivity contribution >= 4 is 18.3 Å². The fourth-order valence-electron chi connectivity index (χ4n) is 4.23. The van der Waals surface area contributed by atoms with Gasteiger partial charge in [-0.05, 0) is 44.0 Å². The Labute approximate surface area is 192 Å². The monoisotopic (exact) mass is 459 g/mol. The zero-order valence-electron chi connectivity index (χ0n) is 18.6. The van der Waals surface area contributed by atoms with Crippen LogP contribution in [0.2, 0.25) is 0 Å². The predicted octanol–water partition coefficient (Wildman–Crippen LogP) is 1.59. The number of nitrogens with one attached hydrogen (secondary N) is 2. The topological polar surface area (TPSA) is 119 Å². The first kappa shape index (κ1) is 24.4. The normalized spacial score (nSPS) is 15.7. The van der Waals surface area contributed by atoms with E-state index in [9.17, 15) is 14.0 Å². The molecule has 1 aromatic heterocycles. The zero-order chi connectivity index (χ0) is 23.6. The minimum absolute atomic E-state index is 0.0278. The molecule has 4 rings (SSSR count). The van der Waals surface area contributed by atoms with E-state index in [1.807, 2.05) is 0 Å². The van der Waals surface area contributed by atoms with Gasteiger partial charge in [0.25, 0.3) is 12.4 Å². The van der Waals surface area contributed by atoms with Crippen molar-refractivity contribution in [3.05, 3.63) is 52.6 Å². The van der Waals surface area contributed by atoms with Crippen molar-refractivity contribution in [1.82, 2.24) is 25.3 Å². The first-order valence-electron chi connectivity index (χ1n) is 11.2. The van der Waals surface area contributed by atoms with Gasteiger partial charge in [-0.15, -0.1) is 0 Å². The van der Waals surface area contributed by atoms with Gasteiger partial charge in [0.2, 0.25) is 5.91 Å². The van der Waals surface area contributed by atoms with Crippen LogP contribution in [0.25, 0.3) is 0 Å². The number of carbonyl (C=O) groups is 3. The van der Waals surface area contributed by atoms with Crippen molar-refractivity contribution < 1.29 is 23.9 Å². The predicted molar refractivity (Wildman–Crippen MR) is 119 cm³/mol. The van der Waals surface area contributed by atoms with E-state index in [2.05, 4.69) is 20.4 Å². The summed E-state index contributed by atoms with van der Waals surface area (Å²) in [5.41, 5.74) is 2.47. The molecule has 0 atom stereocenters. The van der Waals surface area contributed by atoms with Gasteiger partial charge < -0.3 is 20.2 Å². The fraction of sp³-hybridized carbons (Fsp3) is 0.478. The zero-order valence-corrected chi connectivity index (χ0v) is 18.6. The second kappa shape index (κ2) is 12.1. The van der Waals surface area contributed by atoms with Crippen molar-refractivity contribution in [2.24, 2.45) is 0 Å². The minimum Gasteiger partial charge on any atom is -0.483 e. The van der Waals surface area contributed by atoms with Crippen molar-refractivity contribution in [1.29, 1.82) is 0 Å². The number of carbonyl (C=O) groups excluding carboxylic acids is 2. The third-order valence-electron chi connectivity index (χ3n) is 5.96. The number of amides is 2. The fourth-order valence-corrected chi connectivity index (χ4v) is 4.23. The first-order chi connectivity index (χ1) is 16.0. The van der Waals surface area contributed by atoms with Crippen LogP contribution in [0.4, 0.5) is 4.39 Å². The summed E-state index contributed by atoms with van der Waals surface area (Å²) in [5, 5.41) is 17.0. The third kappa shape index (κ3) is 6.61. The minimum atomic E-state index is -0.367. The number of halogens is 1. The van der Waals surface area contributed by atoms with E-state index in [1.54, 1.807) is 23.1 Å². The van der Waals surface area contributed by atoms with Gasteiger partial charge in [0.1, 0.15) is 5.82 Å². The molecule has 1 aromatic carbocycles. The van der Waals surface area contributed by atoms with Gasteiger partial charge in [-0.2, -0.15) is 5.10 Å². The Morgan fingerprint density at radius 1 is 1.18 bits per heavy atom. The number of carboxylic acid groups (broad SMARTS) is 1. The summed E-state index contributed by atoms with van der Waals surface area (Å²) in [7, 11) is 0. The van der Waals surface area contributed by atoms with Gasteiger partial charge in [0, 0.05) is 25.2 Å². The molecule has 0 saturated carbocycles. The van der Waals surface area contributed by atoms with Crippen LogP contribution in [0, 0.1) is 5.82 Å². The van der Waals surface area contributed by atoms with E-state index in [0.29, 0.717) is 37.3 Å². The number of aromatic amines is 1.